The third-order valence-corrected chi connectivity index (χ3v) is 6.55. The van der Waals surface area contributed by atoms with E-state index in [0.717, 1.165) is 11.1 Å². The predicted molar refractivity (Wildman–Crippen MR) is 130 cm³/mol. The summed E-state index contributed by atoms with van der Waals surface area (Å²) in [5.41, 5.74) is 3.15. The lowest BCUT2D eigenvalue weighted by Gasteiger charge is -2.17. The maximum atomic E-state index is 13.5. The van der Waals surface area contributed by atoms with Gasteiger partial charge in [0.15, 0.2) is 5.16 Å². The number of carbonyl (C=O) groups excluding carboxylic acids is 1. The first-order valence-corrected chi connectivity index (χ1v) is 11.7. The van der Waals surface area contributed by atoms with Gasteiger partial charge in [0.25, 0.3) is 5.91 Å². The van der Waals surface area contributed by atoms with E-state index in [0.29, 0.717) is 44.5 Å². The van der Waals surface area contributed by atoms with Gasteiger partial charge in [-0.05, 0) is 59.7 Å². The number of thioether (sulfide) groups is 1. The fourth-order valence-electron chi connectivity index (χ4n) is 3.23. The molecule has 0 aliphatic carbocycles. The molecule has 5 nitrogen and oxygen atoms in total. The van der Waals surface area contributed by atoms with Crippen LogP contribution in [0.25, 0.3) is 11.3 Å². The Bertz CT molecular complexity index is 1250. The molecule has 0 bridgehead atoms. The molecule has 0 unspecified atom stereocenters. The number of pyridine rings is 1. The highest BCUT2D eigenvalue weighted by molar-refractivity contribution is 7.98. The number of H-pyrrole nitrogens is 1. The fraction of sp³-hybridized carbons (Fsp3) is 0.125. The van der Waals surface area contributed by atoms with Gasteiger partial charge < -0.3 is 9.88 Å². The van der Waals surface area contributed by atoms with Crippen molar-refractivity contribution < 1.29 is 9.18 Å². The van der Waals surface area contributed by atoms with Crippen LogP contribution < -0.4 is 0 Å². The molecule has 0 aliphatic rings. The van der Waals surface area contributed by atoms with Crippen molar-refractivity contribution >= 4 is 40.9 Å². The maximum Gasteiger partial charge on any atom is 0.272 e. The lowest BCUT2D eigenvalue weighted by molar-refractivity contribution is 0.0780. The van der Waals surface area contributed by atoms with Crippen LogP contribution in [0.5, 0.6) is 0 Å². The zero-order chi connectivity index (χ0) is 23.4. The molecule has 9 heteroatoms. The summed E-state index contributed by atoms with van der Waals surface area (Å²) in [5, 5.41) is 1.66. The molecule has 4 aromatic rings. The van der Waals surface area contributed by atoms with Crippen molar-refractivity contribution in [2.24, 2.45) is 0 Å². The predicted octanol–water partition coefficient (Wildman–Crippen LogP) is 6.48. The number of halogens is 3. The van der Waals surface area contributed by atoms with Gasteiger partial charge in [0, 0.05) is 47.3 Å². The molecule has 0 aliphatic heterocycles. The smallest absolute Gasteiger partial charge is 0.272 e. The highest BCUT2D eigenvalue weighted by atomic mass is 35.5. The van der Waals surface area contributed by atoms with E-state index in [1.54, 1.807) is 54.7 Å². The number of nitrogens with zero attached hydrogens (tertiary/aromatic N) is 3. The second kappa shape index (κ2) is 10.4. The minimum absolute atomic E-state index is 0.235. The summed E-state index contributed by atoms with van der Waals surface area (Å²) in [6.45, 7) is 0.404. The van der Waals surface area contributed by atoms with Gasteiger partial charge in [-0.15, -0.1) is 0 Å². The van der Waals surface area contributed by atoms with Gasteiger partial charge in [0.05, 0.1) is 0 Å². The summed E-state index contributed by atoms with van der Waals surface area (Å²) < 4.78 is 13.5. The average molecular weight is 501 g/mol. The number of hydrogen-bond donors (Lipinski definition) is 1. The monoisotopic (exact) mass is 500 g/mol. The quantitative estimate of drug-likeness (QED) is 0.295. The van der Waals surface area contributed by atoms with Gasteiger partial charge in [-0.1, -0.05) is 41.0 Å². The first kappa shape index (κ1) is 23.3. The first-order valence-electron chi connectivity index (χ1n) is 9.98. The number of hydrogen-bond acceptors (Lipinski definition) is 4. The van der Waals surface area contributed by atoms with E-state index in [9.17, 15) is 9.18 Å². The van der Waals surface area contributed by atoms with Crippen molar-refractivity contribution in [1.29, 1.82) is 0 Å². The molecule has 0 radical (unpaired) electrons. The minimum Gasteiger partial charge on any atom is -0.336 e. The molecule has 1 N–H and O–H groups in total. The Hall–Kier alpha value is -2.87. The molecule has 2 aromatic carbocycles. The zero-order valence-corrected chi connectivity index (χ0v) is 19.9. The van der Waals surface area contributed by atoms with E-state index in [1.165, 1.54) is 23.9 Å². The maximum absolute atomic E-state index is 13.5. The summed E-state index contributed by atoms with van der Waals surface area (Å²) in [5.74, 6) is -0.128. The molecule has 0 saturated heterocycles. The van der Waals surface area contributed by atoms with Crippen molar-refractivity contribution in [3.05, 3.63) is 99.7 Å². The van der Waals surface area contributed by atoms with Crippen LogP contribution in [-0.4, -0.2) is 32.8 Å². The molecule has 0 saturated carbocycles. The molecule has 2 aromatic heterocycles. The van der Waals surface area contributed by atoms with Crippen molar-refractivity contribution in [2.45, 2.75) is 17.5 Å². The molecular formula is C24H19Cl2FN4OS. The van der Waals surface area contributed by atoms with E-state index in [-0.39, 0.29) is 11.7 Å². The number of benzene rings is 2. The number of carbonyl (C=O) groups is 1. The Balaban J connectivity index is 1.63. The van der Waals surface area contributed by atoms with Crippen LogP contribution in [-0.2, 0) is 12.3 Å². The molecule has 168 valence electrons. The van der Waals surface area contributed by atoms with Gasteiger partial charge in [-0.2, -0.15) is 0 Å². The van der Waals surface area contributed by atoms with Crippen LogP contribution >= 0.6 is 35.0 Å². The van der Waals surface area contributed by atoms with Gasteiger partial charge in [0.2, 0.25) is 0 Å². The molecule has 0 fully saturated rings. The Morgan fingerprint density at radius 2 is 1.73 bits per heavy atom. The normalized spacial score (nSPS) is 10.9. The molecule has 4 rings (SSSR count). The van der Waals surface area contributed by atoms with Crippen molar-refractivity contribution in [3.63, 3.8) is 0 Å². The molecule has 33 heavy (non-hydrogen) atoms. The van der Waals surface area contributed by atoms with Crippen molar-refractivity contribution in [1.82, 2.24) is 19.9 Å². The van der Waals surface area contributed by atoms with Crippen molar-refractivity contribution in [3.8, 4) is 11.3 Å². The standard InChI is InChI=1S/C24H19Cl2FN4OS/c1-31(13-15-9-11-28-12-10-15)23(32)22-21(16-5-7-17(27)8-6-16)29-24(30-22)33-14-18-19(25)3-2-4-20(18)26/h2-12H,13-14H2,1H3,(H,29,30). The van der Waals surface area contributed by atoms with Gasteiger partial charge in [0.1, 0.15) is 17.2 Å². The van der Waals surface area contributed by atoms with E-state index in [1.807, 2.05) is 12.1 Å². The highest BCUT2D eigenvalue weighted by Gasteiger charge is 2.22. The van der Waals surface area contributed by atoms with Crippen LogP contribution in [0, 0.1) is 5.82 Å². The van der Waals surface area contributed by atoms with E-state index >= 15 is 0 Å². The first-order chi connectivity index (χ1) is 15.9. The van der Waals surface area contributed by atoms with E-state index in [4.69, 9.17) is 23.2 Å². The lowest BCUT2D eigenvalue weighted by Crippen LogP contribution is -2.27. The summed E-state index contributed by atoms with van der Waals surface area (Å²) in [4.78, 5) is 26.7. The molecular weight excluding hydrogens is 482 g/mol. The van der Waals surface area contributed by atoms with Gasteiger partial charge >= 0.3 is 0 Å². The molecule has 1 amide bonds. The number of aromatic nitrogens is 3. The van der Waals surface area contributed by atoms with Crippen LogP contribution in [0.4, 0.5) is 4.39 Å². The molecule has 2 heterocycles. The highest BCUT2D eigenvalue weighted by Crippen LogP contribution is 2.33. The summed E-state index contributed by atoms with van der Waals surface area (Å²) >= 11 is 13.9. The van der Waals surface area contributed by atoms with E-state index in [2.05, 4.69) is 15.0 Å². The largest absolute Gasteiger partial charge is 0.336 e. The Morgan fingerprint density at radius 1 is 1.06 bits per heavy atom. The summed E-state index contributed by atoms with van der Waals surface area (Å²) in [7, 11) is 1.72. The van der Waals surface area contributed by atoms with Crippen LogP contribution in [0.15, 0.2) is 72.1 Å². The SMILES string of the molecule is CN(Cc1ccncc1)C(=O)c1[nH]c(SCc2c(Cl)cccc2Cl)nc1-c1ccc(F)cc1. The third kappa shape index (κ3) is 5.55. The Kier molecular flexibility index (Phi) is 7.33. The van der Waals surface area contributed by atoms with Gasteiger partial charge in [-0.3, -0.25) is 9.78 Å². The fourth-order valence-corrected chi connectivity index (χ4v) is 4.84. The second-order valence-corrected chi connectivity index (χ2v) is 9.06. The Morgan fingerprint density at radius 3 is 2.39 bits per heavy atom. The van der Waals surface area contributed by atoms with Gasteiger partial charge in [-0.25, -0.2) is 9.37 Å². The minimum atomic E-state index is -0.361. The number of aromatic amines is 1. The topological polar surface area (TPSA) is 61.9 Å². The summed E-state index contributed by atoms with van der Waals surface area (Å²) in [6.07, 6.45) is 3.37. The van der Waals surface area contributed by atoms with Crippen LogP contribution in [0.2, 0.25) is 10.0 Å². The summed E-state index contributed by atoms with van der Waals surface area (Å²) in [6, 6.07) is 14.9. The Labute approximate surface area is 205 Å². The average Bonchev–Trinajstić information content (AvgIpc) is 3.23. The number of amides is 1. The number of rotatable bonds is 7. The molecule has 0 spiro atoms. The third-order valence-electron chi connectivity index (χ3n) is 4.94. The van der Waals surface area contributed by atoms with Crippen LogP contribution in [0.1, 0.15) is 21.6 Å². The zero-order valence-electron chi connectivity index (χ0n) is 17.6. The van der Waals surface area contributed by atoms with E-state index < -0.39 is 0 Å². The number of nitrogens with one attached hydrogen (secondary N) is 1. The number of imidazole rings is 1. The van der Waals surface area contributed by atoms with Crippen molar-refractivity contribution in [2.75, 3.05) is 7.05 Å². The molecule has 0 atom stereocenters. The lowest BCUT2D eigenvalue weighted by atomic mass is 10.1. The second-order valence-electron chi connectivity index (χ2n) is 7.28. The van der Waals surface area contributed by atoms with Crippen LogP contribution in [0.3, 0.4) is 0 Å².